The Morgan fingerprint density at radius 3 is 2.71 bits per heavy atom. The minimum atomic E-state index is -2.86. The number of aromatic nitrogens is 2. The van der Waals surface area contributed by atoms with Crippen molar-refractivity contribution in [1.82, 2.24) is 9.97 Å². The normalized spacial score (nSPS) is 17.9. The third-order valence-electron chi connectivity index (χ3n) is 6.00. The zero-order chi connectivity index (χ0) is 24.6. The van der Waals surface area contributed by atoms with Gasteiger partial charge in [-0.15, -0.1) is 0 Å². The maximum atomic E-state index is 14.1. The minimum absolute atomic E-state index is 0.0187. The standard InChI is InChI=1S/C25H25F2N5O2/c1-14-9-18(16(3)29-19-8-6-5-7-17(19)24(33)34-4)22-20(10-14)30-21(12-28)23(31-22)32-13-25(26,27)11-15(32)2/h5-10,15-16,29H,11,13H2,1-4H3/t15-,16-/m1/s1. The van der Waals surface area contributed by atoms with E-state index in [1.807, 2.05) is 38.1 Å². The first-order chi connectivity index (χ1) is 16.1. The van der Waals surface area contributed by atoms with Gasteiger partial charge in [0.05, 0.1) is 36.3 Å². The molecule has 0 saturated carbocycles. The molecule has 0 radical (unpaired) electrons. The van der Waals surface area contributed by atoms with Crippen molar-refractivity contribution in [2.75, 3.05) is 23.9 Å². The predicted octanol–water partition coefficient (Wildman–Crippen LogP) is 5.00. The third kappa shape index (κ3) is 4.36. The number of hydrogen-bond donors (Lipinski definition) is 1. The van der Waals surface area contributed by atoms with Crippen LogP contribution >= 0.6 is 0 Å². The number of rotatable bonds is 5. The second-order valence-corrected chi connectivity index (χ2v) is 8.67. The first-order valence-corrected chi connectivity index (χ1v) is 10.9. The maximum Gasteiger partial charge on any atom is 0.339 e. The van der Waals surface area contributed by atoms with Gasteiger partial charge in [-0.2, -0.15) is 5.26 Å². The number of hydrogen-bond acceptors (Lipinski definition) is 7. The summed E-state index contributed by atoms with van der Waals surface area (Å²) in [5, 5.41) is 13.0. The van der Waals surface area contributed by atoms with Crippen LogP contribution in [0, 0.1) is 18.3 Å². The third-order valence-corrected chi connectivity index (χ3v) is 6.00. The average Bonchev–Trinajstić information content (AvgIpc) is 3.09. The summed E-state index contributed by atoms with van der Waals surface area (Å²) in [4.78, 5) is 22.8. The van der Waals surface area contributed by atoms with Gasteiger partial charge in [-0.05, 0) is 44.5 Å². The van der Waals surface area contributed by atoms with Crippen LogP contribution in [0.3, 0.4) is 0 Å². The van der Waals surface area contributed by atoms with E-state index in [0.717, 1.165) is 11.1 Å². The Morgan fingerprint density at radius 1 is 1.32 bits per heavy atom. The van der Waals surface area contributed by atoms with Crippen LogP contribution in [0.5, 0.6) is 0 Å². The monoisotopic (exact) mass is 465 g/mol. The van der Waals surface area contributed by atoms with Crippen molar-refractivity contribution in [1.29, 1.82) is 5.26 Å². The van der Waals surface area contributed by atoms with Crippen LogP contribution in [0.15, 0.2) is 36.4 Å². The van der Waals surface area contributed by atoms with Crippen LogP contribution in [0.4, 0.5) is 20.3 Å². The number of anilines is 2. The lowest BCUT2D eigenvalue weighted by molar-refractivity contribution is 0.0229. The summed E-state index contributed by atoms with van der Waals surface area (Å²) in [6.45, 7) is 5.00. The molecule has 0 unspecified atom stereocenters. The molecule has 0 spiro atoms. The van der Waals surface area contributed by atoms with Crippen LogP contribution in [0.2, 0.25) is 0 Å². The first kappa shape index (κ1) is 23.4. The van der Waals surface area contributed by atoms with E-state index in [-0.39, 0.29) is 24.0 Å². The molecule has 2 heterocycles. The van der Waals surface area contributed by atoms with Gasteiger partial charge in [0, 0.05) is 23.7 Å². The Kier molecular flexibility index (Phi) is 6.09. The highest BCUT2D eigenvalue weighted by Gasteiger charge is 2.44. The predicted molar refractivity (Wildman–Crippen MR) is 125 cm³/mol. The molecule has 1 aromatic heterocycles. The van der Waals surface area contributed by atoms with E-state index in [2.05, 4.69) is 10.3 Å². The Hall–Kier alpha value is -3.80. The van der Waals surface area contributed by atoms with Crippen molar-refractivity contribution >= 4 is 28.5 Å². The molecule has 34 heavy (non-hydrogen) atoms. The van der Waals surface area contributed by atoms with E-state index < -0.39 is 24.5 Å². The minimum Gasteiger partial charge on any atom is -0.465 e. The molecule has 1 aliphatic heterocycles. The zero-order valence-electron chi connectivity index (χ0n) is 19.4. The molecule has 0 amide bonds. The molecule has 176 valence electrons. The van der Waals surface area contributed by atoms with E-state index in [1.54, 1.807) is 25.1 Å². The quantitative estimate of drug-likeness (QED) is 0.530. The lowest BCUT2D eigenvalue weighted by atomic mass is 10.0. The van der Waals surface area contributed by atoms with Crippen LogP contribution < -0.4 is 10.2 Å². The molecule has 3 aromatic rings. The summed E-state index contributed by atoms with van der Waals surface area (Å²) in [6.07, 6.45) is -0.305. The molecular formula is C25H25F2N5O2. The number of ether oxygens (including phenoxy) is 1. The summed E-state index contributed by atoms with van der Waals surface area (Å²) in [5.41, 5.74) is 3.69. The number of carbonyl (C=O) groups is 1. The van der Waals surface area contributed by atoms with Gasteiger partial charge in [0.1, 0.15) is 6.07 Å². The number of esters is 1. The molecule has 9 heteroatoms. The summed E-state index contributed by atoms with van der Waals surface area (Å²) >= 11 is 0. The molecule has 1 N–H and O–H groups in total. The number of halogens is 2. The fourth-order valence-corrected chi connectivity index (χ4v) is 4.43. The Labute approximate surface area is 196 Å². The zero-order valence-corrected chi connectivity index (χ0v) is 19.4. The van der Waals surface area contributed by atoms with E-state index in [9.17, 15) is 18.8 Å². The van der Waals surface area contributed by atoms with Crippen molar-refractivity contribution in [3.8, 4) is 6.07 Å². The van der Waals surface area contributed by atoms with Gasteiger partial charge in [0.15, 0.2) is 11.5 Å². The number of nitrogens with zero attached hydrogens (tertiary/aromatic N) is 4. The summed E-state index contributed by atoms with van der Waals surface area (Å²) in [7, 11) is 1.32. The topological polar surface area (TPSA) is 91.1 Å². The largest absolute Gasteiger partial charge is 0.465 e. The molecule has 1 saturated heterocycles. The number of nitrogens with one attached hydrogen (secondary N) is 1. The number of fused-ring (bicyclic) bond motifs is 1. The molecule has 2 atom stereocenters. The van der Waals surface area contributed by atoms with Gasteiger partial charge < -0.3 is 15.0 Å². The van der Waals surface area contributed by atoms with Gasteiger partial charge >= 0.3 is 5.97 Å². The smallest absolute Gasteiger partial charge is 0.339 e. The molecular weight excluding hydrogens is 440 g/mol. The van der Waals surface area contributed by atoms with E-state index in [4.69, 9.17) is 9.72 Å². The van der Waals surface area contributed by atoms with E-state index in [0.29, 0.717) is 22.3 Å². The molecule has 0 bridgehead atoms. The van der Waals surface area contributed by atoms with Gasteiger partial charge in [-0.1, -0.05) is 18.2 Å². The SMILES string of the molecule is COC(=O)c1ccccc1N[C@H](C)c1cc(C)cc2nc(C#N)c(N3CC(F)(F)C[C@H]3C)nc12. The summed E-state index contributed by atoms with van der Waals surface area (Å²) in [6, 6.07) is 12.0. The second-order valence-electron chi connectivity index (χ2n) is 8.67. The van der Waals surface area contributed by atoms with Crippen molar-refractivity contribution in [2.45, 2.75) is 45.2 Å². The fraction of sp³-hybridized carbons (Fsp3) is 0.360. The van der Waals surface area contributed by atoms with Crippen LogP contribution in [0.1, 0.15) is 53.5 Å². The first-order valence-electron chi connectivity index (χ1n) is 10.9. The molecule has 0 aliphatic carbocycles. The van der Waals surface area contributed by atoms with Gasteiger partial charge in [0.25, 0.3) is 5.92 Å². The molecule has 4 rings (SSSR count). The Morgan fingerprint density at radius 2 is 2.06 bits per heavy atom. The molecule has 1 fully saturated rings. The van der Waals surface area contributed by atoms with Gasteiger partial charge in [-0.3, -0.25) is 0 Å². The molecule has 2 aromatic carbocycles. The van der Waals surface area contributed by atoms with Crippen molar-refractivity contribution < 1.29 is 18.3 Å². The van der Waals surface area contributed by atoms with Crippen molar-refractivity contribution in [3.05, 3.63) is 58.8 Å². The molecule has 7 nitrogen and oxygen atoms in total. The highest BCUT2D eigenvalue weighted by molar-refractivity contribution is 5.95. The molecule has 1 aliphatic rings. The summed E-state index contributed by atoms with van der Waals surface area (Å²) < 4.78 is 33.1. The maximum absolute atomic E-state index is 14.1. The number of para-hydroxylation sites is 1. The van der Waals surface area contributed by atoms with Crippen LogP contribution in [0.25, 0.3) is 11.0 Å². The average molecular weight is 466 g/mol. The van der Waals surface area contributed by atoms with Gasteiger partial charge in [0.2, 0.25) is 0 Å². The number of aryl methyl sites for hydroxylation is 1. The van der Waals surface area contributed by atoms with E-state index in [1.165, 1.54) is 12.0 Å². The number of benzene rings is 2. The Balaban J connectivity index is 1.81. The number of nitriles is 1. The van der Waals surface area contributed by atoms with Crippen LogP contribution in [-0.4, -0.2) is 41.6 Å². The number of alkyl halides is 2. The van der Waals surface area contributed by atoms with E-state index >= 15 is 0 Å². The second kappa shape index (κ2) is 8.86. The van der Waals surface area contributed by atoms with Crippen molar-refractivity contribution in [3.63, 3.8) is 0 Å². The highest BCUT2D eigenvalue weighted by atomic mass is 19.3. The number of methoxy groups -OCH3 is 1. The van der Waals surface area contributed by atoms with Gasteiger partial charge in [-0.25, -0.2) is 23.5 Å². The summed E-state index contributed by atoms with van der Waals surface area (Å²) in [5.74, 6) is -3.16. The lowest BCUT2D eigenvalue weighted by Crippen LogP contribution is -2.30. The Bertz CT molecular complexity index is 1300. The number of carbonyl (C=O) groups excluding carboxylic acids is 1. The van der Waals surface area contributed by atoms with Crippen LogP contribution in [-0.2, 0) is 4.74 Å². The highest BCUT2D eigenvalue weighted by Crippen LogP contribution is 2.37. The lowest BCUT2D eigenvalue weighted by Gasteiger charge is -2.24. The fourth-order valence-electron chi connectivity index (χ4n) is 4.43. The van der Waals surface area contributed by atoms with Crippen molar-refractivity contribution in [2.24, 2.45) is 0 Å².